The maximum absolute atomic E-state index is 14.2. The molecule has 7 heteroatoms. The van der Waals surface area contributed by atoms with Crippen molar-refractivity contribution in [2.75, 3.05) is 0 Å². The van der Waals surface area contributed by atoms with Crippen LogP contribution in [0.25, 0.3) is 11.0 Å². The van der Waals surface area contributed by atoms with E-state index in [1.165, 1.54) is 12.1 Å². The van der Waals surface area contributed by atoms with Crippen molar-refractivity contribution in [2.45, 2.75) is 18.9 Å². The molecule has 31 heavy (non-hydrogen) atoms. The highest BCUT2D eigenvalue weighted by atomic mass is 35.5. The van der Waals surface area contributed by atoms with E-state index in [0.29, 0.717) is 39.3 Å². The van der Waals surface area contributed by atoms with Crippen LogP contribution in [-0.2, 0) is 17.6 Å². The van der Waals surface area contributed by atoms with E-state index >= 15 is 0 Å². The zero-order valence-electron chi connectivity index (χ0n) is 16.3. The summed E-state index contributed by atoms with van der Waals surface area (Å²) in [6.45, 7) is 0. The highest BCUT2D eigenvalue weighted by Gasteiger charge is 2.27. The Balaban J connectivity index is 1.67. The highest BCUT2D eigenvalue weighted by Crippen LogP contribution is 2.26. The number of hydrogen-bond acceptors (Lipinski definition) is 3. The fourth-order valence-electron chi connectivity index (χ4n) is 3.97. The molecule has 0 spiro atoms. The van der Waals surface area contributed by atoms with Crippen molar-refractivity contribution in [3.05, 3.63) is 104 Å². The van der Waals surface area contributed by atoms with Crippen LogP contribution in [0, 0.1) is 5.82 Å². The molecule has 0 saturated carbocycles. The number of nitrogens with one attached hydrogen (secondary N) is 2. The van der Waals surface area contributed by atoms with E-state index in [4.69, 9.17) is 16.6 Å². The van der Waals surface area contributed by atoms with Gasteiger partial charge in [-0.15, -0.1) is 0 Å². The molecule has 1 aliphatic heterocycles. The zero-order chi connectivity index (χ0) is 21.5. The van der Waals surface area contributed by atoms with Crippen molar-refractivity contribution in [3.8, 4) is 0 Å². The van der Waals surface area contributed by atoms with Crippen molar-refractivity contribution < 1.29 is 9.18 Å². The number of nitrogens with zero attached hydrogens (tertiary/aromatic N) is 1. The van der Waals surface area contributed by atoms with Gasteiger partial charge in [-0.25, -0.2) is 9.18 Å². The lowest BCUT2D eigenvalue weighted by molar-refractivity contribution is -0.119. The normalized spacial score (nSPS) is 16.1. The van der Waals surface area contributed by atoms with E-state index in [1.807, 2.05) is 24.3 Å². The first-order valence-corrected chi connectivity index (χ1v) is 10.2. The summed E-state index contributed by atoms with van der Waals surface area (Å²) in [6.07, 6.45) is 0.503. The number of imidazole rings is 1. The Morgan fingerprint density at radius 1 is 1.00 bits per heavy atom. The standard InChI is InChI=1S/C24H17ClFN3O2/c25-18-4-2-1-3-14(18)9-21-22(30)11-13-5-7-16(26)12-17(13)23(27-21)15-6-8-19-20(10-15)29-24(31)28-19/h1-8,10,12,21H,9,11H2,(H2,28,29,31). The third-order valence-electron chi connectivity index (χ3n) is 5.51. The lowest BCUT2D eigenvalue weighted by atomic mass is 9.94. The van der Waals surface area contributed by atoms with Crippen LogP contribution in [0.15, 0.2) is 70.5 Å². The molecule has 0 bridgehead atoms. The van der Waals surface area contributed by atoms with Crippen molar-refractivity contribution in [2.24, 2.45) is 4.99 Å². The smallest absolute Gasteiger partial charge is 0.306 e. The number of aromatic amines is 2. The minimum absolute atomic E-state index is 0.0566. The monoisotopic (exact) mass is 433 g/mol. The molecule has 0 saturated heterocycles. The van der Waals surface area contributed by atoms with E-state index in [9.17, 15) is 14.0 Å². The van der Waals surface area contributed by atoms with Gasteiger partial charge in [0.15, 0.2) is 5.78 Å². The molecule has 0 aliphatic carbocycles. The fourth-order valence-corrected chi connectivity index (χ4v) is 4.18. The summed E-state index contributed by atoms with van der Waals surface area (Å²) < 4.78 is 14.2. The summed E-state index contributed by atoms with van der Waals surface area (Å²) in [5, 5.41) is 0.575. The third-order valence-corrected chi connectivity index (χ3v) is 5.88. The third kappa shape index (κ3) is 3.70. The number of benzene rings is 3. The van der Waals surface area contributed by atoms with Gasteiger partial charge in [-0.2, -0.15) is 0 Å². The second-order valence-electron chi connectivity index (χ2n) is 7.57. The first-order valence-electron chi connectivity index (χ1n) is 9.83. The Hall–Kier alpha value is -3.51. The van der Waals surface area contributed by atoms with Gasteiger partial charge in [0.25, 0.3) is 0 Å². The summed E-state index contributed by atoms with van der Waals surface area (Å²) in [5.74, 6) is -0.460. The first kappa shape index (κ1) is 19.5. The van der Waals surface area contributed by atoms with Crippen LogP contribution in [0.1, 0.15) is 22.3 Å². The van der Waals surface area contributed by atoms with E-state index in [2.05, 4.69) is 9.97 Å². The minimum atomic E-state index is -0.661. The number of aliphatic imine (C=N–C) groups is 1. The predicted molar refractivity (Wildman–Crippen MR) is 119 cm³/mol. The number of fused-ring (bicyclic) bond motifs is 2. The van der Waals surface area contributed by atoms with E-state index in [1.54, 1.807) is 24.3 Å². The number of H-pyrrole nitrogens is 2. The molecule has 1 unspecified atom stereocenters. The molecule has 1 aliphatic rings. The predicted octanol–water partition coefficient (Wildman–Crippen LogP) is 4.22. The number of rotatable bonds is 3. The Bertz CT molecular complexity index is 1420. The van der Waals surface area contributed by atoms with Crippen LogP contribution < -0.4 is 5.69 Å². The van der Waals surface area contributed by atoms with Gasteiger partial charge in [0, 0.05) is 29.0 Å². The van der Waals surface area contributed by atoms with Crippen molar-refractivity contribution in [1.29, 1.82) is 0 Å². The number of ketones is 1. The SMILES string of the molecule is O=C1Cc2ccc(F)cc2C(c2ccc3[nH]c(=O)[nH]c3c2)=NC1Cc1ccccc1Cl. The number of aromatic nitrogens is 2. The average molecular weight is 434 g/mol. The van der Waals surface area contributed by atoms with Gasteiger partial charge < -0.3 is 9.97 Å². The molecule has 154 valence electrons. The van der Waals surface area contributed by atoms with Gasteiger partial charge in [0.2, 0.25) is 0 Å². The minimum Gasteiger partial charge on any atom is -0.306 e. The highest BCUT2D eigenvalue weighted by molar-refractivity contribution is 6.31. The second kappa shape index (κ2) is 7.63. The largest absolute Gasteiger partial charge is 0.323 e. The molecule has 5 rings (SSSR count). The number of halogens is 2. The molecule has 0 radical (unpaired) electrons. The zero-order valence-corrected chi connectivity index (χ0v) is 17.0. The molecular formula is C24H17ClFN3O2. The Kier molecular flexibility index (Phi) is 4.79. The van der Waals surface area contributed by atoms with Gasteiger partial charge in [0.05, 0.1) is 16.7 Å². The van der Waals surface area contributed by atoms with Crippen molar-refractivity contribution >= 4 is 34.1 Å². The molecule has 1 atom stereocenters. The Morgan fingerprint density at radius 3 is 2.65 bits per heavy atom. The second-order valence-corrected chi connectivity index (χ2v) is 7.98. The van der Waals surface area contributed by atoms with Crippen LogP contribution in [0.2, 0.25) is 5.02 Å². The topological polar surface area (TPSA) is 78.1 Å². The van der Waals surface area contributed by atoms with Gasteiger partial charge in [-0.1, -0.05) is 41.9 Å². The van der Waals surface area contributed by atoms with Gasteiger partial charge >= 0.3 is 5.69 Å². The molecule has 2 N–H and O–H groups in total. The number of carbonyl (C=O) groups is 1. The van der Waals surface area contributed by atoms with Crippen molar-refractivity contribution in [1.82, 2.24) is 9.97 Å². The van der Waals surface area contributed by atoms with Crippen LogP contribution in [0.5, 0.6) is 0 Å². The van der Waals surface area contributed by atoms with Gasteiger partial charge in [-0.3, -0.25) is 9.79 Å². The Morgan fingerprint density at radius 2 is 1.81 bits per heavy atom. The summed E-state index contributed by atoms with van der Waals surface area (Å²) in [4.78, 5) is 35.0. The molecular weight excluding hydrogens is 417 g/mol. The summed E-state index contributed by atoms with van der Waals surface area (Å²) in [6, 6.07) is 16.4. The number of carbonyl (C=O) groups excluding carboxylic acids is 1. The van der Waals surface area contributed by atoms with E-state index < -0.39 is 11.9 Å². The lowest BCUT2D eigenvalue weighted by Crippen LogP contribution is -2.23. The first-order chi connectivity index (χ1) is 15.0. The maximum atomic E-state index is 14.2. The van der Waals surface area contributed by atoms with Crippen LogP contribution in [0.3, 0.4) is 0 Å². The van der Waals surface area contributed by atoms with E-state index in [0.717, 1.165) is 11.1 Å². The summed E-state index contributed by atoms with van der Waals surface area (Å²) in [7, 11) is 0. The van der Waals surface area contributed by atoms with E-state index in [-0.39, 0.29) is 17.9 Å². The molecule has 5 nitrogen and oxygen atoms in total. The molecule has 0 fully saturated rings. The molecule has 1 aromatic heterocycles. The number of hydrogen-bond donors (Lipinski definition) is 2. The fraction of sp³-hybridized carbons (Fsp3) is 0.125. The van der Waals surface area contributed by atoms with Crippen LogP contribution >= 0.6 is 11.6 Å². The molecule has 3 aromatic carbocycles. The number of Topliss-reactive ketones (excluding diaryl/α,β-unsaturated/α-hetero) is 1. The summed E-state index contributed by atoms with van der Waals surface area (Å²) in [5.41, 5.74) is 4.28. The molecule has 4 aromatic rings. The Labute approximate surface area is 181 Å². The van der Waals surface area contributed by atoms with Crippen LogP contribution in [-0.4, -0.2) is 27.5 Å². The maximum Gasteiger partial charge on any atom is 0.323 e. The van der Waals surface area contributed by atoms with Gasteiger partial charge in [0.1, 0.15) is 11.9 Å². The molecule has 2 heterocycles. The average Bonchev–Trinajstić information content (AvgIpc) is 3.06. The van der Waals surface area contributed by atoms with Gasteiger partial charge in [-0.05, 0) is 41.5 Å². The van der Waals surface area contributed by atoms with Crippen LogP contribution in [0.4, 0.5) is 4.39 Å². The lowest BCUT2D eigenvalue weighted by Gasteiger charge is -2.13. The summed E-state index contributed by atoms with van der Waals surface area (Å²) >= 11 is 6.32. The van der Waals surface area contributed by atoms with Crippen molar-refractivity contribution in [3.63, 3.8) is 0 Å². The quantitative estimate of drug-likeness (QED) is 0.507. The molecule has 0 amide bonds.